The predicted octanol–water partition coefficient (Wildman–Crippen LogP) is 0.670. The molecule has 1 saturated heterocycles. The number of amides is 2. The fourth-order valence-electron chi connectivity index (χ4n) is 1.73. The number of carboxylic acids is 1. The van der Waals surface area contributed by atoms with Crippen LogP contribution < -0.4 is 5.32 Å². The minimum absolute atomic E-state index is 0.0652. The zero-order valence-corrected chi connectivity index (χ0v) is 10.3. The standard InChI is InChI=1S/C11H20N2O4/c1-8(3-4-10(14)15)12-11(16)13-5-6-17-7-9(13)2/h8-9H,3-7H2,1-2H3,(H,12,16)(H,14,15). The zero-order valence-electron chi connectivity index (χ0n) is 10.3. The lowest BCUT2D eigenvalue weighted by atomic mass is 10.2. The van der Waals surface area contributed by atoms with E-state index in [9.17, 15) is 9.59 Å². The molecule has 1 rings (SSSR count). The molecule has 0 aliphatic carbocycles. The first kappa shape index (κ1) is 13.8. The molecular formula is C11H20N2O4. The topological polar surface area (TPSA) is 78.9 Å². The second kappa shape index (κ2) is 6.44. The van der Waals surface area contributed by atoms with Crippen molar-refractivity contribution in [2.75, 3.05) is 19.8 Å². The number of carbonyl (C=O) groups excluding carboxylic acids is 1. The highest BCUT2D eigenvalue weighted by atomic mass is 16.5. The summed E-state index contributed by atoms with van der Waals surface area (Å²) in [5.74, 6) is -0.842. The fourth-order valence-corrected chi connectivity index (χ4v) is 1.73. The molecule has 2 unspecified atom stereocenters. The number of urea groups is 1. The van der Waals surface area contributed by atoms with Gasteiger partial charge in [0, 0.05) is 19.0 Å². The summed E-state index contributed by atoms with van der Waals surface area (Å²) in [6.45, 7) is 5.43. The molecule has 6 heteroatoms. The summed E-state index contributed by atoms with van der Waals surface area (Å²) >= 11 is 0. The second-order valence-corrected chi connectivity index (χ2v) is 4.40. The van der Waals surface area contributed by atoms with E-state index in [0.717, 1.165) is 0 Å². The highest BCUT2D eigenvalue weighted by Crippen LogP contribution is 2.07. The third-order valence-corrected chi connectivity index (χ3v) is 2.79. The van der Waals surface area contributed by atoms with Gasteiger partial charge in [-0.3, -0.25) is 4.79 Å². The van der Waals surface area contributed by atoms with Crippen molar-refractivity contribution in [1.82, 2.24) is 10.2 Å². The third kappa shape index (κ3) is 4.60. The maximum Gasteiger partial charge on any atom is 0.318 e. The highest BCUT2D eigenvalue weighted by molar-refractivity contribution is 5.75. The van der Waals surface area contributed by atoms with Gasteiger partial charge in [0.1, 0.15) is 0 Å². The van der Waals surface area contributed by atoms with Crippen molar-refractivity contribution in [3.05, 3.63) is 0 Å². The summed E-state index contributed by atoms with van der Waals surface area (Å²) < 4.78 is 5.25. The number of rotatable bonds is 4. The Morgan fingerprint density at radius 2 is 2.29 bits per heavy atom. The minimum Gasteiger partial charge on any atom is -0.481 e. The summed E-state index contributed by atoms with van der Waals surface area (Å²) in [5.41, 5.74) is 0. The number of carbonyl (C=O) groups is 2. The average molecular weight is 244 g/mol. The van der Waals surface area contributed by atoms with Crippen LogP contribution in [0.15, 0.2) is 0 Å². The molecule has 0 aromatic rings. The van der Waals surface area contributed by atoms with Gasteiger partial charge < -0.3 is 20.1 Å². The molecule has 17 heavy (non-hydrogen) atoms. The normalized spacial score (nSPS) is 22.0. The molecule has 1 heterocycles. The van der Waals surface area contributed by atoms with Gasteiger partial charge in [0.15, 0.2) is 0 Å². The first-order valence-electron chi connectivity index (χ1n) is 5.87. The van der Waals surface area contributed by atoms with Crippen LogP contribution in [0.1, 0.15) is 26.7 Å². The van der Waals surface area contributed by atoms with Crippen molar-refractivity contribution < 1.29 is 19.4 Å². The minimum atomic E-state index is -0.842. The molecule has 0 aromatic carbocycles. The summed E-state index contributed by atoms with van der Waals surface area (Å²) in [7, 11) is 0. The molecular weight excluding hydrogens is 224 g/mol. The van der Waals surface area contributed by atoms with E-state index in [-0.39, 0.29) is 24.5 Å². The Hall–Kier alpha value is -1.30. The van der Waals surface area contributed by atoms with Crippen LogP contribution in [0.2, 0.25) is 0 Å². The average Bonchev–Trinajstić information content (AvgIpc) is 2.26. The van der Waals surface area contributed by atoms with Crippen LogP contribution in [-0.2, 0) is 9.53 Å². The molecule has 1 fully saturated rings. The van der Waals surface area contributed by atoms with E-state index >= 15 is 0 Å². The summed E-state index contributed by atoms with van der Waals surface area (Å²) in [6.07, 6.45) is 0.514. The third-order valence-electron chi connectivity index (χ3n) is 2.79. The van der Waals surface area contributed by atoms with Crippen LogP contribution in [0.4, 0.5) is 4.79 Å². The number of hydrogen-bond acceptors (Lipinski definition) is 3. The number of carboxylic acid groups (broad SMARTS) is 1. The van der Waals surface area contributed by atoms with Crippen molar-refractivity contribution in [3.8, 4) is 0 Å². The second-order valence-electron chi connectivity index (χ2n) is 4.40. The van der Waals surface area contributed by atoms with E-state index in [4.69, 9.17) is 9.84 Å². The molecule has 2 N–H and O–H groups in total. The molecule has 0 aromatic heterocycles. The Labute approximate surface area is 101 Å². The molecule has 6 nitrogen and oxygen atoms in total. The van der Waals surface area contributed by atoms with Crippen molar-refractivity contribution >= 4 is 12.0 Å². The number of hydrogen-bond donors (Lipinski definition) is 2. The first-order valence-corrected chi connectivity index (χ1v) is 5.87. The molecule has 0 radical (unpaired) electrons. The molecule has 0 bridgehead atoms. The molecule has 1 aliphatic rings. The lowest BCUT2D eigenvalue weighted by Gasteiger charge is -2.34. The Morgan fingerprint density at radius 1 is 1.59 bits per heavy atom. The van der Waals surface area contributed by atoms with Gasteiger partial charge in [0.2, 0.25) is 0 Å². The zero-order chi connectivity index (χ0) is 12.8. The number of morpholine rings is 1. The van der Waals surface area contributed by atoms with Gasteiger partial charge in [-0.1, -0.05) is 0 Å². The Balaban J connectivity index is 2.34. The van der Waals surface area contributed by atoms with Gasteiger partial charge in [0.25, 0.3) is 0 Å². The maximum atomic E-state index is 11.9. The first-order chi connectivity index (χ1) is 8.00. The molecule has 2 amide bonds. The van der Waals surface area contributed by atoms with Crippen LogP contribution in [0.3, 0.4) is 0 Å². The van der Waals surface area contributed by atoms with E-state index in [2.05, 4.69) is 5.32 Å². The Morgan fingerprint density at radius 3 is 2.88 bits per heavy atom. The van der Waals surface area contributed by atoms with Crippen molar-refractivity contribution in [2.24, 2.45) is 0 Å². The Bertz CT molecular complexity index is 283. The maximum absolute atomic E-state index is 11.9. The predicted molar refractivity (Wildman–Crippen MR) is 61.9 cm³/mol. The monoisotopic (exact) mass is 244 g/mol. The molecule has 0 saturated carbocycles. The van der Waals surface area contributed by atoms with E-state index in [0.29, 0.717) is 26.2 Å². The van der Waals surface area contributed by atoms with E-state index in [1.54, 1.807) is 4.90 Å². The molecule has 0 spiro atoms. The van der Waals surface area contributed by atoms with Crippen molar-refractivity contribution in [1.29, 1.82) is 0 Å². The van der Waals surface area contributed by atoms with Gasteiger partial charge in [-0.05, 0) is 20.3 Å². The van der Waals surface area contributed by atoms with E-state index < -0.39 is 5.97 Å². The SMILES string of the molecule is CC(CCC(=O)O)NC(=O)N1CCOCC1C. The van der Waals surface area contributed by atoms with Crippen LogP contribution in [0, 0.1) is 0 Å². The van der Waals surface area contributed by atoms with E-state index in [1.165, 1.54) is 0 Å². The number of nitrogens with one attached hydrogen (secondary N) is 1. The summed E-state index contributed by atoms with van der Waals surface area (Å²) in [4.78, 5) is 24.0. The highest BCUT2D eigenvalue weighted by Gasteiger charge is 2.24. The van der Waals surface area contributed by atoms with Crippen molar-refractivity contribution in [2.45, 2.75) is 38.8 Å². The van der Waals surface area contributed by atoms with Crippen LogP contribution in [0.5, 0.6) is 0 Å². The summed E-state index contributed by atoms with van der Waals surface area (Å²) in [5, 5.41) is 11.4. The smallest absolute Gasteiger partial charge is 0.318 e. The summed E-state index contributed by atoms with van der Waals surface area (Å²) in [6, 6.07) is -0.206. The van der Waals surface area contributed by atoms with Crippen molar-refractivity contribution in [3.63, 3.8) is 0 Å². The lowest BCUT2D eigenvalue weighted by Crippen LogP contribution is -2.52. The lowest BCUT2D eigenvalue weighted by molar-refractivity contribution is -0.137. The number of ether oxygens (including phenoxy) is 1. The number of aliphatic carboxylic acids is 1. The fraction of sp³-hybridized carbons (Fsp3) is 0.818. The quantitative estimate of drug-likeness (QED) is 0.762. The van der Waals surface area contributed by atoms with Gasteiger partial charge in [-0.2, -0.15) is 0 Å². The van der Waals surface area contributed by atoms with Gasteiger partial charge in [-0.25, -0.2) is 4.79 Å². The molecule has 2 atom stereocenters. The Kier molecular flexibility index (Phi) is 5.21. The van der Waals surface area contributed by atoms with Gasteiger partial charge >= 0.3 is 12.0 Å². The molecule has 1 aliphatic heterocycles. The van der Waals surface area contributed by atoms with Gasteiger partial charge in [0.05, 0.1) is 19.3 Å². The largest absolute Gasteiger partial charge is 0.481 e. The number of nitrogens with zero attached hydrogens (tertiary/aromatic N) is 1. The van der Waals surface area contributed by atoms with Crippen LogP contribution >= 0.6 is 0 Å². The molecule has 98 valence electrons. The van der Waals surface area contributed by atoms with Crippen LogP contribution in [-0.4, -0.2) is 53.8 Å². The van der Waals surface area contributed by atoms with E-state index in [1.807, 2.05) is 13.8 Å². The van der Waals surface area contributed by atoms with Crippen LogP contribution in [0.25, 0.3) is 0 Å². The van der Waals surface area contributed by atoms with Gasteiger partial charge in [-0.15, -0.1) is 0 Å².